The molecule has 0 aromatic heterocycles. The van der Waals surface area contributed by atoms with Crippen LogP contribution in [0.3, 0.4) is 0 Å². The molecule has 6 nitrogen and oxygen atoms in total. The first kappa shape index (κ1) is 21.2. The third-order valence-electron chi connectivity index (χ3n) is 5.20. The normalized spacial score (nSPS) is 23.9. The molecule has 0 spiro atoms. The Kier molecular flexibility index (Phi) is 6.74. The summed E-state index contributed by atoms with van der Waals surface area (Å²) in [6.45, 7) is 0.212. The van der Waals surface area contributed by atoms with Crippen molar-refractivity contribution < 1.29 is 29.2 Å². The SMILES string of the molecule is O=C(O[C@H](c1ccccc1)[C@H]1OC(O)[C@H](O)[C@H]1OCc1ccccc1)c1ccccc1. The number of benzene rings is 3. The van der Waals surface area contributed by atoms with E-state index in [1.807, 2.05) is 54.6 Å². The monoisotopic (exact) mass is 420 g/mol. The van der Waals surface area contributed by atoms with Crippen LogP contribution >= 0.6 is 0 Å². The van der Waals surface area contributed by atoms with Crippen molar-refractivity contribution in [2.24, 2.45) is 0 Å². The zero-order chi connectivity index (χ0) is 21.6. The van der Waals surface area contributed by atoms with E-state index in [0.29, 0.717) is 11.1 Å². The summed E-state index contributed by atoms with van der Waals surface area (Å²) in [5.74, 6) is -0.532. The fraction of sp³-hybridized carbons (Fsp3) is 0.240. The van der Waals surface area contributed by atoms with Crippen LogP contribution in [0.25, 0.3) is 0 Å². The summed E-state index contributed by atoms with van der Waals surface area (Å²) < 4.78 is 17.4. The van der Waals surface area contributed by atoms with E-state index in [4.69, 9.17) is 14.2 Å². The Bertz CT molecular complexity index is 963. The molecule has 1 saturated heterocycles. The highest BCUT2D eigenvalue weighted by Crippen LogP contribution is 2.35. The lowest BCUT2D eigenvalue weighted by atomic mass is 9.98. The summed E-state index contributed by atoms with van der Waals surface area (Å²) in [5.41, 5.74) is 1.98. The molecule has 160 valence electrons. The van der Waals surface area contributed by atoms with Crippen LogP contribution in [0, 0.1) is 0 Å². The van der Waals surface area contributed by atoms with E-state index in [1.54, 1.807) is 36.4 Å². The van der Waals surface area contributed by atoms with Crippen molar-refractivity contribution >= 4 is 5.97 Å². The Morgan fingerprint density at radius 2 is 1.45 bits per heavy atom. The number of carbonyl (C=O) groups is 1. The van der Waals surface area contributed by atoms with E-state index in [0.717, 1.165) is 5.56 Å². The molecule has 1 aliphatic rings. The van der Waals surface area contributed by atoms with Crippen molar-refractivity contribution in [3.05, 3.63) is 108 Å². The Morgan fingerprint density at radius 1 is 0.871 bits per heavy atom. The van der Waals surface area contributed by atoms with Crippen LogP contribution < -0.4 is 0 Å². The van der Waals surface area contributed by atoms with Crippen molar-refractivity contribution in [1.82, 2.24) is 0 Å². The molecule has 31 heavy (non-hydrogen) atoms. The lowest BCUT2D eigenvalue weighted by Crippen LogP contribution is -2.39. The van der Waals surface area contributed by atoms with Gasteiger partial charge in [-0.3, -0.25) is 0 Å². The maximum atomic E-state index is 12.8. The highest BCUT2D eigenvalue weighted by Gasteiger charge is 2.49. The molecule has 1 heterocycles. The van der Waals surface area contributed by atoms with E-state index in [1.165, 1.54) is 0 Å². The molecular weight excluding hydrogens is 396 g/mol. The molecular formula is C25H24O6. The van der Waals surface area contributed by atoms with Gasteiger partial charge < -0.3 is 24.4 Å². The quantitative estimate of drug-likeness (QED) is 0.571. The first-order valence-electron chi connectivity index (χ1n) is 10.1. The first-order chi connectivity index (χ1) is 15.1. The minimum Gasteiger partial charge on any atom is -0.451 e. The lowest BCUT2D eigenvalue weighted by Gasteiger charge is -2.28. The number of carbonyl (C=O) groups excluding carboxylic acids is 1. The standard InChI is InChI=1S/C25H24O6/c26-20-22(29-16-17-10-4-1-5-11-17)23(31-25(20)28)21(18-12-6-2-7-13-18)30-24(27)19-14-8-3-9-15-19/h1-15,20-23,25-26,28H,16H2/t20-,21-,22-,23-,25?/m1/s1. The van der Waals surface area contributed by atoms with Crippen LogP contribution in [-0.2, 0) is 20.8 Å². The summed E-state index contributed by atoms with van der Waals surface area (Å²) in [7, 11) is 0. The van der Waals surface area contributed by atoms with Gasteiger partial charge in [-0.2, -0.15) is 0 Å². The Balaban J connectivity index is 1.59. The third-order valence-corrected chi connectivity index (χ3v) is 5.20. The van der Waals surface area contributed by atoms with Gasteiger partial charge in [-0.15, -0.1) is 0 Å². The summed E-state index contributed by atoms with van der Waals surface area (Å²) in [4.78, 5) is 12.8. The van der Waals surface area contributed by atoms with Crippen molar-refractivity contribution in [3.63, 3.8) is 0 Å². The maximum Gasteiger partial charge on any atom is 0.338 e. The summed E-state index contributed by atoms with van der Waals surface area (Å²) in [5, 5.41) is 20.7. The Morgan fingerprint density at radius 3 is 2.10 bits per heavy atom. The molecule has 2 N–H and O–H groups in total. The minimum absolute atomic E-state index is 0.212. The van der Waals surface area contributed by atoms with E-state index >= 15 is 0 Å². The lowest BCUT2D eigenvalue weighted by molar-refractivity contribution is -0.148. The second-order valence-electron chi connectivity index (χ2n) is 7.35. The molecule has 1 fully saturated rings. The van der Waals surface area contributed by atoms with Crippen LogP contribution in [0.15, 0.2) is 91.0 Å². The van der Waals surface area contributed by atoms with Crippen LogP contribution in [0.1, 0.15) is 27.6 Å². The third kappa shape index (κ3) is 5.00. The van der Waals surface area contributed by atoms with E-state index in [-0.39, 0.29) is 6.61 Å². The highest BCUT2D eigenvalue weighted by atomic mass is 16.7. The van der Waals surface area contributed by atoms with E-state index < -0.39 is 36.7 Å². The second kappa shape index (κ2) is 9.85. The molecule has 0 bridgehead atoms. The predicted molar refractivity (Wildman–Crippen MR) is 113 cm³/mol. The van der Waals surface area contributed by atoms with Gasteiger partial charge in [0.2, 0.25) is 0 Å². The molecule has 3 aromatic carbocycles. The van der Waals surface area contributed by atoms with Gasteiger partial charge >= 0.3 is 5.97 Å². The van der Waals surface area contributed by atoms with Gasteiger partial charge in [-0.1, -0.05) is 78.9 Å². The van der Waals surface area contributed by atoms with E-state index in [2.05, 4.69) is 0 Å². The van der Waals surface area contributed by atoms with Gasteiger partial charge in [0.25, 0.3) is 0 Å². The zero-order valence-electron chi connectivity index (χ0n) is 16.8. The number of hydrogen-bond donors (Lipinski definition) is 2. The van der Waals surface area contributed by atoms with Gasteiger partial charge in [0, 0.05) is 0 Å². The topological polar surface area (TPSA) is 85.2 Å². The Labute approximate surface area is 180 Å². The molecule has 0 saturated carbocycles. The van der Waals surface area contributed by atoms with Gasteiger partial charge in [0.15, 0.2) is 12.4 Å². The summed E-state index contributed by atoms with van der Waals surface area (Å²) >= 11 is 0. The number of aliphatic hydroxyl groups is 2. The smallest absolute Gasteiger partial charge is 0.338 e. The van der Waals surface area contributed by atoms with E-state index in [9.17, 15) is 15.0 Å². The van der Waals surface area contributed by atoms with Crippen LogP contribution in [-0.4, -0.2) is 40.8 Å². The summed E-state index contributed by atoms with van der Waals surface area (Å²) in [6.07, 6.45) is -5.42. The molecule has 1 aliphatic heterocycles. The molecule has 5 atom stereocenters. The van der Waals surface area contributed by atoms with Gasteiger partial charge in [0.1, 0.15) is 18.3 Å². The summed E-state index contributed by atoms with van der Waals surface area (Å²) in [6, 6.07) is 27.2. The van der Waals surface area contributed by atoms with Crippen molar-refractivity contribution in [2.45, 2.75) is 37.3 Å². The minimum atomic E-state index is -1.45. The fourth-order valence-corrected chi connectivity index (χ4v) is 3.60. The molecule has 6 heteroatoms. The second-order valence-corrected chi connectivity index (χ2v) is 7.35. The van der Waals surface area contributed by atoms with Gasteiger partial charge in [-0.05, 0) is 23.3 Å². The van der Waals surface area contributed by atoms with Gasteiger partial charge in [0.05, 0.1) is 12.2 Å². The molecule has 1 unspecified atom stereocenters. The Hall–Kier alpha value is -3.03. The van der Waals surface area contributed by atoms with Gasteiger partial charge in [-0.25, -0.2) is 4.79 Å². The average molecular weight is 420 g/mol. The molecule has 0 radical (unpaired) electrons. The largest absolute Gasteiger partial charge is 0.451 e. The molecule has 3 aromatic rings. The van der Waals surface area contributed by atoms with Crippen molar-refractivity contribution in [1.29, 1.82) is 0 Å². The predicted octanol–water partition coefficient (Wildman–Crippen LogP) is 3.25. The maximum absolute atomic E-state index is 12.8. The van der Waals surface area contributed by atoms with Crippen molar-refractivity contribution in [2.75, 3.05) is 0 Å². The number of ether oxygens (including phenoxy) is 3. The van der Waals surface area contributed by atoms with Crippen LogP contribution in [0.5, 0.6) is 0 Å². The molecule has 0 amide bonds. The number of rotatable bonds is 7. The first-order valence-corrected chi connectivity index (χ1v) is 10.1. The van der Waals surface area contributed by atoms with Crippen LogP contribution in [0.4, 0.5) is 0 Å². The highest BCUT2D eigenvalue weighted by molar-refractivity contribution is 5.89. The fourth-order valence-electron chi connectivity index (χ4n) is 3.60. The zero-order valence-corrected chi connectivity index (χ0v) is 16.8. The number of aliphatic hydroxyl groups excluding tert-OH is 2. The average Bonchev–Trinajstić information content (AvgIpc) is 3.11. The van der Waals surface area contributed by atoms with Crippen molar-refractivity contribution in [3.8, 4) is 0 Å². The van der Waals surface area contributed by atoms with Crippen LogP contribution in [0.2, 0.25) is 0 Å². The number of esters is 1. The molecule has 4 rings (SSSR count). The number of hydrogen-bond acceptors (Lipinski definition) is 6. The molecule has 0 aliphatic carbocycles.